The Kier molecular flexibility index (Phi) is 8.73. The summed E-state index contributed by atoms with van der Waals surface area (Å²) in [5.41, 5.74) is 1.46. The van der Waals surface area contributed by atoms with Gasteiger partial charge in [0, 0.05) is 12.1 Å². The van der Waals surface area contributed by atoms with E-state index in [0.29, 0.717) is 41.9 Å². The Morgan fingerprint density at radius 1 is 1.03 bits per heavy atom. The normalized spacial score (nSPS) is 10.4. The lowest BCUT2D eigenvalue weighted by Crippen LogP contribution is -2.38. The largest absolute Gasteiger partial charge is 0.497 e. The summed E-state index contributed by atoms with van der Waals surface area (Å²) < 4.78 is 16.3. The predicted octanol–water partition coefficient (Wildman–Crippen LogP) is 3.93. The fourth-order valence-corrected chi connectivity index (χ4v) is 2.65. The second kappa shape index (κ2) is 11.3. The Balaban J connectivity index is 1.87. The number of methoxy groups -OCH3 is 2. The molecule has 2 N–H and O–H groups in total. The van der Waals surface area contributed by atoms with Crippen LogP contribution in [0.15, 0.2) is 42.5 Å². The summed E-state index contributed by atoms with van der Waals surface area (Å²) in [4.78, 5) is 12.2. The highest BCUT2D eigenvalue weighted by Crippen LogP contribution is 2.28. The zero-order chi connectivity index (χ0) is 21.2. The van der Waals surface area contributed by atoms with Crippen LogP contribution in [0.3, 0.4) is 0 Å². The van der Waals surface area contributed by atoms with Crippen molar-refractivity contribution >= 4 is 23.2 Å². The number of carbonyl (C=O) groups excluding carboxylic acids is 1. The first-order valence-corrected chi connectivity index (χ1v) is 9.86. The van der Waals surface area contributed by atoms with E-state index in [1.165, 1.54) is 0 Å². The zero-order valence-electron chi connectivity index (χ0n) is 17.3. The Labute approximate surface area is 177 Å². The average molecular weight is 417 g/mol. The van der Waals surface area contributed by atoms with Crippen LogP contribution in [-0.2, 0) is 6.54 Å². The van der Waals surface area contributed by atoms with E-state index in [9.17, 15) is 4.79 Å². The SMILES string of the molecule is COc1ccc(C(=O)NC(=S)NCc2ccc(OCCC(C)C)c(OC)c2)cc1. The lowest BCUT2D eigenvalue weighted by atomic mass is 10.1. The predicted molar refractivity (Wildman–Crippen MR) is 118 cm³/mol. The number of hydrogen-bond acceptors (Lipinski definition) is 5. The fraction of sp³-hybridized carbons (Fsp3) is 0.364. The molecule has 0 saturated heterocycles. The molecule has 0 heterocycles. The quantitative estimate of drug-likeness (QED) is 0.604. The molecule has 0 bridgehead atoms. The van der Waals surface area contributed by atoms with Crippen LogP contribution in [0.5, 0.6) is 17.2 Å². The van der Waals surface area contributed by atoms with Gasteiger partial charge in [-0.25, -0.2) is 0 Å². The maximum Gasteiger partial charge on any atom is 0.257 e. The smallest absolute Gasteiger partial charge is 0.257 e. The summed E-state index contributed by atoms with van der Waals surface area (Å²) in [5, 5.41) is 5.95. The molecule has 0 unspecified atom stereocenters. The highest BCUT2D eigenvalue weighted by molar-refractivity contribution is 7.80. The van der Waals surface area contributed by atoms with Crippen LogP contribution >= 0.6 is 12.2 Å². The van der Waals surface area contributed by atoms with Gasteiger partial charge in [-0.2, -0.15) is 0 Å². The first-order chi connectivity index (χ1) is 13.9. The van der Waals surface area contributed by atoms with Gasteiger partial charge in [-0.15, -0.1) is 0 Å². The van der Waals surface area contributed by atoms with Gasteiger partial charge in [-0.1, -0.05) is 19.9 Å². The molecule has 0 aliphatic rings. The maximum absolute atomic E-state index is 12.2. The summed E-state index contributed by atoms with van der Waals surface area (Å²) in [7, 11) is 3.19. The highest BCUT2D eigenvalue weighted by atomic mass is 32.1. The van der Waals surface area contributed by atoms with Crippen LogP contribution in [0.2, 0.25) is 0 Å². The molecule has 2 aromatic rings. The number of thiocarbonyl (C=S) groups is 1. The second-order valence-corrected chi connectivity index (χ2v) is 7.29. The molecule has 7 heteroatoms. The van der Waals surface area contributed by atoms with Crippen molar-refractivity contribution in [2.45, 2.75) is 26.8 Å². The van der Waals surface area contributed by atoms with Crippen LogP contribution in [0, 0.1) is 5.92 Å². The molecule has 0 aromatic heterocycles. The molecule has 0 aliphatic heterocycles. The molecule has 0 radical (unpaired) electrons. The second-order valence-electron chi connectivity index (χ2n) is 6.88. The van der Waals surface area contributed by atoms with E-state index < -0.39 is 0 Å². The van der Waals surface area contributed by atoms with E-state index in [1.54, 1.807) is 38.5 Å². The van der Waals surface area contributed by atoms with Crippen molar-refractivity contribution in [3.63, 3.8) is 0 Å². The van der Waals surface area contributed by atoms with E-state index in [0.717, 1.165) is 12.0 Å². The first-order valence-electron chi connectivity index (χ1n) is 9.46. The maximum atomic E-state index is 12.2. The molecule has 0 fully saturated rings. The van der Waals surface area contributed by atoms with Gasteiger partial charge in [0.15, 0.2) is 16.6 Å². The molecule has 6 nitrogen and oxygen atoms in total. The van der Waals surface area contributed by atoms with Crippen LogP contribution in [0.1, 0.15) is 36.2 Å². The monoisotopic (exact) mass is 416 g/mol. The minimum Gasteiger partial charge on any atom is -0.497 e. The van der Waals surface area contributed by atoms with E-state index in [1.807, 2.05) is 18.2 Å². The molecule has 0 aliphatic carbocycles. The van der Waals surface area contributed by atoms with Crippen LogP contribution in [0.25, 0.3) is 0 Å². The molecule has 2 aromatic carbocycles. The van der Waals surface area contributed by atoms with Crippen molar-refractivity contribution < 1.29 is 19.0 Å². The molecule has 1 amide bonds. The summed E-state index contributed by atoms with van der Waals surface area (Å²) in [6, 6.07) is 12.5. The topological polar surface area (TPSA) is 68.8 Å². The third kappa shape index (κ3) is 7.27. The molecule has 29 heavy (non-hydrogen) atoms. The van der Waals surface area contributed by atoms with Crippen LogP contribution in [-0.4, -0.2) is 31.8 Å². The molecule has 0 saturated carbocycles. The number of hydrogen-bond donors (Lipinski definition) is 2. The molecule has 0 atom stereocenters. The molecule has 156 valence electrons. The van der Waals surface area contributed by atoms with Crippen molar-refractivity contribution in [2.24, 2.45) is 5.92 Å². The van der Waals surface area contributed by atoms with Crippen molar-refractivity contribution in [3.05, 3.63) is 53.6 Å². The summed E-state index contributed by atoms with van der Waals surface area (Å²) >= 11 is 5.22. The number of amides is 1. The highest BCUT2D eigenvalue weighted by Gasteiger charge is 2.10. The van der Waals surface area contributed by atoms with Crippen LogP contribution < -0.4 is 24.8 Å². The molecule has 0 spiro atoms. The third-order valence-electron chi connectivity index (χ3n) is 4.21. The summed E-state index contributed by atoms with van der Waals surface area (Å²) in [6.07, 6.45) is 0.981. The standard InChI is InChI=1S/C22H28N2O4S/c1-15(2)11-12-28-19-10-5-16(13-20(19)27-4)14-23-22(29)24-21(25)17-6-8-18(26-3)9-7-17/h5-10,13,15H,11-12,14H2,1-4H3,(H2,23,24,25,29). The van der Waals surface area contributed by atoms with E-state index in [2.05, 4.69) is 24.5 Å². The van der Waals surface area contributed by atoms with Crippen molar-refractivity contribution in [1.29, 1.82) is 0 Å². The summed E-state index contributed by atoms with van der Waals surface area (Å²) in [6.45, 7) is 5.41. The van der Waals surface area contributed by atoms with Gasteiger partial charge in [0.25, 0.3) is 5.91 Å². The molecular weight excluding hydrogens is 388 g/mol. The van der Waals surface area contributed by atoms with E-state index in [-0.39, 0.29) is 11.0 Å². The van der Waals surface area contributed by atoms with Gasteiger partial charge >= 0.3 is 0 Å². The first kappa shape index (κ1) is 22.5. The Bertz CT molecular complexity index is 822. The van der Waals surface area contributed by atoms with Crippen molar-refractivity contribution in [3.8, 4) is 17.2 Å². The lowest BCUT2D eigenvalue weighted by molar-refractivity contribution is 0.0976. The number of nitrogens with one attached hydrogen (secondary N) is 2. The van der Waals surface area contributed by atoms with Gasteiger partial charge in [0.1, 0.15) is 5.75 Å². The number of carbonyl (C=O) groups is 1. The Morgan fingerprint density at radius 3 is 2.38 bits per heavy atom. The molecule has 2 rings (SSSR count). The van der Waals surface area contributed by atoms with Gasteiger partial charge in [-0.05, 0) is 66.5 Å². The average Bonchev–Trinajstić information content (AvgIpc) is 2.72. The van der Waals surface area contributed by atoms with Crippen molar-refractivity contribution in [2.75, 3.05) is 20.8 Å². The van der Waals surface area contributed by atoms with Gasteiger partial charge in [-0.3, -0.25) is 10.1 Å². The van der Waals surface area contributed by atoms with E-state index in [4.69, 9.17) is 26.4 Å². The summed E-state index contributed by atoms with van der Waals surface area (Å²) in [5.74, 6) is 2.37. The lowest BCUT2D eigenvalue weighted by Gasteiger charge is -2.14. The Hall–Kier alpha value is -2.80. The fourth-order valence-electron chi connectivity index (χ4n) is 2.49. The third-order valence-corrected chi connectivity index (χ3v) is 4.46. The molecular formula is C22H28N2O4S. The Morgan fingerprint density at radius 2 is 1.76 bits per heavy atom. The minimum atomic E-state index is -0.281. The number of benzene rings is 2. The minimum absolute atomic E-state index is 0.252. The zero-order valence-corrected chi connectivity index (χ0v) is 18.1. The number of ether oxygens (including phenoxy) is 3. The van der Waals surface area contributed by atoms with Crippen molar-refractivity contribution in [1.82, 2.24) is 10.6 Å². The van der Waals surface area contributed by atoms with E-state index >= 15 is 0 Å². The number of rotatable bonds is 9. The van der Waals surface area contributed by atoms with Gasteiger partial charge in [0.05, 0.1) is 20.8 Å². The van der Waals surface area contributed by atoms with Crippen LogP contribution in [0.4, 0.5) is 0 Å². The van der Waals surface area contributed by atoms with Gasteiger partial charge in [0.2, 0.25) is 0 Å². The van der Waals surface area contributed by atoms with Gasteiger partial charge < -0.3 is 19.5 Å².